The molecule has 26 heavy (non-hydrogen) atoms. The third-order valence-electron chi connectivity index (χ3n) is 5.29. The molecule has 0 saturated heterocycles. The minimum Gasteiger partial charge on any atom is -0.496 e. The fraction of sp³-hybridized carbons (Fsp3) is 0.300. The smallest absolute Gasteiger partial charge is 0.268 e. The third-order valence-corrected chi connectivity index (χ3v) is 7.01. The molecule has 1 aromatic heterocycles. The van der Waals surface area contributed by atoms with E-state index < -0.39 is 10.0 Å². The molecule has 0 saturated carbocycles. The van der Waals surface area contributed by atoms with Gasteiger partial charge in [0, 0.05) is 23.2 Å². The van der Waals surface area contributed by atoms with Crippen molar-refractivity contribution in [1.29, 1.82) is 0 Å². The average molecular weight is 370 g/mol. The first-order valence-corrected chi connectivity index (χ1v) is 10.0. The maximum absolute atomic E-state index is 13.2. The summed E-state index contributed by atoms with van der Waals surface area (Å²) in [5.74, 6) is 0.686. The van der Waals surface area contributed by atoms with Crippen LogP contribution in [0, 0.1) is 0 Å². The predicted molar refractivity (Wildman–Crippen MR) is 103 cm³/mol. The Morgan fingerprint density at radius 1 is 1.15 bits per heavy atom. The van der Waals surface area contributed by atoms with E-state index in [4.69, 9.17) is 4.74 Å². The minimum atomic E-state index is -3.62. The first-order valence-electron chi connectivity index (χ1n) is 8.58. The zero-order chi connectivity index (χ0) is 18.6. The molecule has 0 N–H and O–H groups in total. The van der Waals surface area contributed by atoms with E-state index >= 15 is 0 Å². The van der Waals surface area contributed by atoms with Gasteiger partial charge >= 0.3 is 0 Å². The number of fused-ring (bicyclic) bond motifs is 2. The maximum Gasteiger partial charge on any atom is 0.268 e. The van der Waals surface area contributed by atoms with E-state index in [1.165, 1.54) is 3.97 Å². The van der Waals surface area contributed by atoms with Gasteiger partial charge in [-0.1, -0.05) is 18.2 Å². The Morgan fingerprint density at radius 3 is 2.58 bits per heavy atom. The summed E-state index contributed by atoms with van der Waals surface area (Å²) < 4.78 is 33.5. The Bertz CT molecular complexity index is 1110. The van der Waals surface area contributed by atoms with Crippen LogP contribution in [0.2, 0.25) is 0 Å². The van der Waals surface area contributed by atoms with Crippen LogP contribution in [-0.2, 0) is 16.4 Å². The Hall–Kier alpha value is -2.31. The van der Waals surface area contributed by atoms with Crippen LogP contribution in [-0.4, -0.2) is 44.5 Å². The fourth-order valence-corrected chi connectivity index (χ4v) is 5.23. The Morgan fingerprint density at radius 2 is 1.88 bits per heavy atom. The van der Waals surface area contributed by atoms with Crippen molar-refractivity contribution in [3.05, 3.63) is 48.2 Å². The van der Waals surface area contributed by atoms with Gasteiger partial charge < -0.3 is 9.64 Å². The number of rotatable bonds is 4. The average Bonchev–Trinajstić information content (AvgIpc) is 2.99. The van der Waals surface area contributed by atoms with Gasteiger partial charge in [-0.25, -0.2) is 12.4 Å². The Kier molecular flexibility index (Phi) is 3.86. The number of aromatic nitrogens is 1. The number of hydrogen-bond donors (Lipinski definition) is 0. The highest BCUT2D eigenvalue weighted by molar-refractivity contribution is 7.90. The number of ether oxygens (including phenoxy) is 1. The van der Waals surface area contributed by atoms with E-state index in [2.05, 4.69) is 11.8 Å². The number of hydrogen-bond acceptors (Lipinski definition) is 4. The van der Waals surface area contributed by atoms with Crippen molar-refractivity contribution in [2.45, 2.75) is 24.3 Å². The molecule has 0 radical (unpaired) electrons. The van der Waals surface area contributed by atoms with Crippen molar-refractivity contribution in [3.63, 3.8) is 0 Å². The van der Waals surface area contributed by atoms with Crippen molar-refractivity contribution in [2.24, 2.45) is 0 Å². The van der Waals surface area contributed by atoms with E-state index in [0.29, 0.717) is 27.8 Å². The molecule has 0 spiro atoms. The highest BCUT2D eigenvalue weighted by Crippen LogP contribution is 2.46. The summed E-state index contributed by atoms with van der Waals surface area (Å²) in [6.07, 6.45) is 2.55. The van der Waals surface area contributed by atoms with Crippen LogP contribution in [0.25, 0.3) is 22.0 Å². The SMILES string of the molecule is COc1ccc2c(CC(C)N(C)C)cn3c2c1-c1ccccc1S3(=O)=O. The lowest BCUT2D eigenvalue weighted by molar-refractivity contribution is 0.313. The van der Waals surface area contributed by atoms with Gasteiger partial charge in [0.25, 0.3) is 10.0 Å². The molecular weight excluding hydrogens is 348 g/mol. The fourth-order valence-electron chi connectivity index (χ4n) is 3.62. The van der Waals surface area contributed by atoms with E-state index in [1.54, 1.807) is 25.4 Å². The van der Waals surface area contributed by atoms with Crippen LogP contribution < -0.4 is 4.74 Å². The molecule has 0 fully saturated rings. The van der Waals surface area contributed by atoms with E-state index in [-0.39, 0.29) is 0 Å². The Balaban J connectivity index is 2.09. The van der Waals surface area contributed by atoms with Gasteiger partial charge in [0.05, 0.1) is 23.1 Å². The predicted octanol–water partition coefficient (Wildman–Crippen LogP) is 3.36. The van der Waals surface area contributed by atoms with Crippen molar-refractivity contribution in [1.82, 2.24) is 8.87 Å². The summed E-state index contributed by atoms with van der Waals surface area (Å²) in [6, 6.07) is 11.3. The molecule has 0 amide bonds. The van der Waals surface area contributed by atoms with Gasteiger partial charge in [-0.2, -0.15) is 0 Å². The summed E-state index contributed by atoms with van der Waals surface area (Å²) >= 11 is 0. The molecule has 1 aliphatic heterocycles. The molecule has 6 heteroatoms. The zero-order valence-electron chi connectivity index (χ0n) is 15.4. The normalized spacial score (nSPS) is 15.9. The summed E-state index contributed by atoms with van der Waals surface area (Å²) in [6.45, 7) is 2.14. The second-order valence-corrected chi connectivity index (χ2v) is 8.79. The molecule has 5 nitrogen and oxygen atoms in total. The number of likely N-dealkylation sites (N-methyl/N-ethyl adjacent to an activating group) is 1. The second-order valence-electron chi connectivity index (χ2n) is 7.01. The first kappa shape index (κ1) is 17.1. The van der Waals surface area contributed by atoms with Crippen LogP contribution in [0.5, 0.6) is 5.75 Å². The molecule has 2 heterocycles. The van der Waals surface area contributed by atoms with Crippen molar-refractivity contribution in [3.8, 4) is 16.9 Å². The standard InChI is InChI=1S/C20H22N2O3S/c1-13(21(2)3)11-14-12-22-20-15(14)9-10-17(25-4)19(20)16-7-5-6-8-18(16)26(22,23)24/h5-10,12-13H,11H2,1-4H3. The molecule has 2 aromatic carbocycles. The van der Waals surface area contributed by atoms with E-state index in [1.807, 2.05) is 38.4 Å². The van der Waals surface area contributed by atoms with E-state index in [0.717, 1.165) is 22.9 Å². The number of methoxy groups -OCH3 is 1. The third kappa shape index (κ3) is 2.29. The molecular formula is C20H22N2O3S. The van der Waals surface area contributed by atoms with Gasteiger partial charge in [0.2, 0.25) is 0 Å². The summed E-state index contributed by atoms with van der Waals surface area (Å²) in [5.41, 5.74) is 3.29. The van der Waals surface area contributed by atoms with Crippen LogP contribution >= 0.6 is 0 Å². The van der Waals surface area contributed by atoms with Gasteiger partial charge in [-0.05, 0) is 51.2 Å². The molecule has 1 aliphatic rings. The van der Waals surface area contributed by atoms with Crippen molar-refractivity contribution < 1.29 is 13.2 Å². The lowest BCUT2D eigenvalue weighted by atomic mass is 9.98. The lowest BCUT2D eigenvalue weighted by Gasteiger charge is -2.21. The van der Waals surface area contributed by atoms with Gasteiger partial charge in [-0.15, -0.1) is 0 Å². The molecule has 0 bridgehead atoms. The van der Waals surface area contributed by atoms with Gasteiger partial charge in [0.1, 0.15) is 5.75 Å². The van der Waals surface area contributed by atoms with E-state index in [9.17, 15) is 8.42 Å². The zero-order valence-corrected chi connectivity index (χ0v) is 16.2. The van der Waals surface area contributed by atoms with Crippen LogP contribution in [0.1, 0.15) is 12.5 Å². The molecule has 1 atom stereocenters. The highest BCUT2D eigenvalue weighted by atomic mass is 32.2. The number of nitrogens with zero attached hydrogens (tertiary/aromatic N) is 2. The minimum absolute atomic E-state index is 0.297. The van der Waals surface area contributed by atoms with Crippen LogP contribution in [0.4, 0.5) is 0 Å². The first-order chi connectivity index (χ1) is 12.4. The molecule has 3 aromatic rings. The Labute approximate surface area is 153 Å². The second kappa shape index (κ2) is 5.86. The topological polar surface area (TPSA) is 51.5 Å². The van der Waals surface area contributed by atoms with Gasteiger partial charge in [0.15, 0.2) is 0 Å². The molecule has 1 unspecified atom stereocenters. The monoisotopic (exact) mass is 370 g/mol. The summed E-state index contributed by atoms with van der Waals surface area (Å²) in [4.78, 5) is 2.46. The largest absolute Gasteiger partial charge is 0.496 e. The quantitative estimate of drug-likeness (QED) is 0.553. The number of benzene rings is 2. The van der Waals surface area contributed by atoms with Gasteiger partial charge in [-0.3, -0.25) is 0 Å². The maximum atomic E-state index is 13.2. The summed E-state index contributed by atoms with van der Waals surface area (Å²) in [7, 11) is 2.06. The summed E-state index contributed by atoms with van der Waals surface area (Å²) in [5, 5.41) is 0.965. The molecule has 4 rings (SSSR count). The van der Waals surface area contributed by atoms with Crippen molar-refractivity contribution in [2.75, 3.05) is 21.2 Å². The van der Waals surface area contributed by atoms with Crippen LogP contribution in [0.3, 0.4) is 0 Å². The lowest BCUT2D eigenvalue weighted by Crippen LogP contribution is -2.26. The van der Waals surface area contributed by atoms with Crippen molar-refractivity contribution >= 4 is 20.9 Å². The van der Waals surface area contributed by atoms with Crippen LogP contribution in [0.15, 0.2) is 47.5 Å². The molecule has 0 aliphatic carbocycles. The molecule has 136 valence electrons. The highest BCUT2D eigenvalue weighted by Gasteiger charge is 2.33.